The Morgan fingerprint density at radius 1 is 0.444 bits per heavy atom. The number of esters is 4. The summed E-state index contributed by atoms with van der Waals surface area (Å²) in [5.74, 6) is -5.98. The Morgan fingerprint density at radius 2 is 0.578 bits per heavy atom. The lowest BCUT2D eigenvalue weighted by atomic mass is 9.92. The van der Waals surface area contributed by atoms with Crippen molar-refractivity contribution in [1.82, 2.24) is 0 Å². The van der Waals surface area contributed by atoms with Crippen molar-refractivity contribution in [2.24, 2.45) is 10.8 Å². The van der Waals surface area contributed by atoms with E-state index in [1.165, 1.54) is 0 Å². The molecule has 3 N–H and O–H groups in total. The molecule has 45 heavy (non-hydrogen) atoms. The van der Waals surface area contributed by atoms with Crippen LogP contribution in [0.15, 0.2) is 88.6 Å². The number of aliphatic carboxylic acids is 3. The van der Waals surface area contributed by atoms with Crippen LogP contribution in [0.4, 0.5) is 0 Å². The highest BCUT2D eigenvalue weighted by Gasteiger charge is 2.37. The summed E-state index contributed by atoms with van der Waals surface area (Å²) >= 11 is 0. The number of carbonyl (C=O) groups excluding carboxylic acids is 4. The predicted octanol–water partition coefficient (Wildman–Crippen LogP) is 3.71. The lowest BCUT2D eigenvalue weighted by molar-refractivity contribution is -0.164. The Bertz CT molecular complexity index is 895. The van der Waals surface area contributed by atoms with Crippen molar-refractivity contribution in [3.63, 3.8) is 0 Å². The summed E-state index contributed by atoms with van der Waals surface area (Å²) < 4.78 is 19.8. The Morgan fingerprint density at radius 3 is 0.667 bits per heavy atom. The molecular weight excluding hydrogens is 596 g/mol. The summed E-state index contributed by atoms with van der Waals surface area (Å²) in [7, 11) is 0. The van der Waals surface area contributed by atoms with E-state index in [4.69, 9.17) is 34.3 Å². The van der Waals surface area contributed by atoms with E-state index < -0.39 is 47.2 Å². The summed E-state index contributed by atoms with van der Waals surface area (Å²) in [6.07, 6.45) is 6.19. The fourth-order valence-corrected chi connectivity index (χ4v) is 1.38. The first-order valence-corrected chi connectivity index (χ1v) is 12.4. The average Bonchev–Trinajstić information content (AvgIpc) is 2.99. The first kappa shape index (κ1) is 49.2. The summed E-state index contributed by atoms with van der Waals surface area (Å²) in [4.78, 5) is 73.1. The van der Waals surface area contributed by atoms with Crippen LogP contribution in [0.25, 0.3) is 0 Å². The van der Waals surface area contributed by atoms with Gasteiger partial charge in [0.25, 0.3) is 0 Å². The van der Waals surface area contributed by atoms with Gasteiger partial charge in [-0.2, -0.15) is 0 Å². The van der Waals surface area contributed by atoms with Gasteiger partial charge in [-0.15, -0.1) is 0 Å². The van der Waals surface area contributed by atoms with Gasteiger partial charge >= 0.3 is 41.8 Å². The van der Waals surface area contributed by atoms with E-state index in [1.54, 1.807) is 0 Å². The molecule has 0 aliphatic carbocycles. The molecule has 0 aromatic carbocycles. The molecule has 0 rings (SSSR count). The predicted molar refractivity (Wildman–Crippen MR) is 166 cm³/mol. The second kappa shape index (κ2) is 29.9. The largest absolute Gasteiger partial charge is 0.478 e. The Kier molecular flexibility index (Phi) is 32.7. The van der Waals surface area contributed by atoms with E-state index in [0.717, 1.165) is 42.5 Å². The number of rotatable bonds is 15. The summed E-state index contributed by atoms with van der Waals surface area (Å²) in [5, 5.41) is 22.8. The van der Waals surface area contributed by atoms with Crippen LogP contribution in [-0.2, 0) is 52.5 Å². The van der Waals surface area contributed by atoms with Gasteiger partial charge in [0.1, 0.15) is 31.8 Å². The SMILES string of the molecule is C=CC(=O)O.C=CC(=O)O.C=CC(=O)O.C=CC(=O)OCC(COC(=O)C=C)(COC(=O)C=C)COC(=O)C=C.CC(C)(C)C. The summed E-state index contributed by atoms with van der Waals surface area (Å²) in [5.41, 5.74) is -0.839. The molecule has 0 aliphatic rings. The summed E-state index contributed by atoms with van der Waals surface area (Å²) in [6, 6.07) is 0. The van der Waals surface area contributed by atoms with E-state index in [-0.39, 0.29) is 26.4 Å². The molecule has 0 saturated carbocycles. The zero-order valence-corrected chi connectivity index (χ0v) is 26.2. The van der Waals surface area contributed by atoms with Crippen molar-refractivity contribution in [1.29, 1.82) is 0 Å². The lowest BCUT2D eigenvalue weighted by Gasteiger charge is -2.31. The maximum atomic E-state index is 11.3. The Labute approximate surface area is 263 Å². The van der Waals surface area contributed by atoms with Crippen molar-refractivity contribution >= 4 is 41.8 Å². The van der Waals surface area contributed by atoms with Crippen molar-refractivity contribution in [3.05, 3.63) is 88.6 Å². The number of carboxylic acids is 3. The van der Waals surface area contributed by atoms with Crippen LogP contribution in [0.5, 0.6) is 0 Å². The molecule has 0 bridgehead atoms. The minimum absolute atomic E-state index is 0.378. The minimum atomic E-state index is -1.34. The third-order valence-electron chi connectivity index (χ3n) is 3.27. The third kappa shape index (κ3) is 48.5. The molecule has 14 nitrogen and oxygen atoms in total. The molecule has 0 saturated heterocycles. The minimum Gasteiger partial charge on any atom is -0.478 e. The first-order valence-electron chi connectivity index (χ1n) is 12.4. The molecule has 0 aromatic heterocycles. The molecule has 0 aliphatic heterocycles. The maximum Gasteiger partial charge on any atom is 0.330 e. The molecule has 0 amide bonds. The highest BCUT2D eigenvalue weighted by atomic mass is 16.6. The number of carbonyl (C=O) groups is 7. The van der Waals surface area contributed by atoms with E-state index in [9.17, 15) is 33.6 Å². The van der Waals surface area contributed by atoms with Gasteiger partial charge in [-0.1, -0.05) is 73.7 Å². The van der Waals surface area contributed by atoms with Gasteiger partial charge < -0.3 is 34.3 Å². The highest BCUT2D eigenvalue weighted by molar-refractivity contribution is 5.83. The van der Waals surface area contributed by atoms with Crippen LogP contribution in [0.3, 0.4) is 0 Å². The number of hydrogen-bond acceptors (Lipinski definition) is 11. The molecule has 252 valence electrons. The standard InChI is InChI=1S/C17H20O8.C5H12.3C3H4O2/c1-5-13(18)22-9-17(10-23-14(19)6-2,11-24-15(20)7-3)12-25-16(21)8-4;1-5(2,3)4;3*1-2-3(4)5/h5-8H,1-4,9-12H2;1-4H3;3*2H,1H2,(H,4,5). The van der Waals surface area contributed by atoms with E-state index in [2.05, 4.69) is 73.7 Å². The maximum absolute atomic E-state index is 11.3. The average molecular weight is 641 g/mol. The molecule has 0 unspecified atom stereocenters. The van der Waals surface area contributed by atoms with Crippen LogP contribution >= 0.6 is 0 Å². The van der Waals surface area contributed by atoms with Crippen LogP contribution < -0.4 is 0 Å². The quantitative estimate of drug-likeness (QED) is 0.132. The van der Waals surface area contributed by atoms with Crippen molar-refractivity contribution < 1.29 is 67.8 Å². The first-order chi connectivity index (χ1) is 20.6. The summed E-state index contributed by atoms with van der Waals surface area (Å²) in [6.45, 7) is 29.1. The van der Waals surface area contributed by atoms with E-state index in [0.29, 0.717) is 5.41 Å². The Balaban J connectivity index is -0.000000213. The molecule has 0 atom stereocenters. The smallest absolute Gasteiger partial charge is 0.330 e. The molecule has 0 spiro atoms. The third-order valence-corrected chi connectivity index (χ3v) is 3.27. The number of ether oxygens (including phenoxy) is 4. The second-order valence-corrected chi connectivity index (χ2v) is 9.37. The fraction of sp³-hybridized carbons (Fsp3) is 0.323. The molecule has 0 heterocycles. The van der Waals surface area contributed by atoms with Crippen LogP contribution in [-0.4, -0.2) is 83.5 Å². The normalized spacial score (nSPS) is 8.98. The molecule has 0 fully saturated rings. The van der Waals surface area contributed by atoms with Crippen LogP contribution in [0.1, 0.15) is 27.7 Å². The van der Waals surface area contributed by atoms with Crippen molar-refractivity contribution in [2.45, 2.75) is 27.7 Å². The van der Waals surface area contributed by atoms with Gasteiger partial charge in [0, 0.05) is 42.5 Å². The van der Waals surface area contributed by atoms with E-state index in [1.807, 2.05) is 0 Å². The van der Waals surface area contributed by atoms with Gasteiger partial charge in [-0.25, -0.2) is 33.6 Å². The Hall–Kier alpha value is -5.53. The van der Waals surface area contributed by atoms with Gasteiger partial charge in [0.2, 0.25) is 0 Å². The van der Waals surface area contributed by atoms with Gasteiger partial charge in [-0.05, 0) is 5.41 Å². The van der Waals surface area contributed by atoms with E-state index >= 15 is 0 Å². The number of hydrogen-bond donors (Lipinski definition) is 3. The molecule has 14 heteroatoms. The van der Waals surface area contributed by atoms with Gasteiger partial charge in [0.15, 0.2) is 0 Å². The van der Waals surface area contributed by atoms with Crippen LogP contribution in [0.2, 0.25) is 0 Å². The zero-order valence-electron chi connectivity index (χ0n) is 26.2. The van der Waals surface area contributed by atoms with Crippen LogP contribution in [0, 0.1) is 10.8 Å². The molecule has 0 aromatic rings. The number of carboxylic acid groups (broad SMARTS) is 3. The monoisotopic (exact) mass is 640 g/mol. The molecular formula is C31H44O14. The van der Waals surface area contributed by atoms with Gasteiger partial charge in [-0.3, -0.25) is 0 Å². The fourth-order valence-electron chi connectivity index (χ4n) is 1.38. The van der Waals surface area contributed by atoms with Crippen molar-refractivity contribution in [3.8, 4) is 0 Å². The lowest BCUT2D eigenvalue weighted by Crippen LogP contribution is -2.43. The second-order valence-electron chi connectivity index (χ2n) is 9.37. The topological polar surface area (TPSA) is 217 Å². The highest BCUT2D eigenvalue weighted by Crippen LogP contribution is 2.21. The zero-order chi connectivity index (χ0) is 36.6. The van der Waals surface area contributed by atoms with Crippen molar-refractivity contribution in [2.75, 3.05) is 26.4 Å². The molecule has 0 radical (unpaired) electrons. The van der Waals surface area contributed by atoms with Gasteiger partial charge in [0.05, 0.1) is 0 Å².